The third kappa shape index (κ3) is 5.25. The molecule has 0 spiro atoms. The predicted octanol–water partition coefficient (Wildman–Crippen LogP) is 4.30. The monoisotopic (exact) mass is 507 g/mol. The molecule has 1 aliphatic rings. The Kier molecular flexibility index (Phi) is 7.68. The summed E-state index contributed by atoms with van der Waals surface area (Å²) in [7, 11) is 1.42. The summed E-state index contributed by atoms with van der Waals surface area (Å²) in [6.07, 6.45) is 1.46. The summed E-state index contributed by atoms with van der Waals surface area (Å²) in [5, 5.41) is 13.9. The second-order valence-electron chi connectivity index (χ2n) is 7.82. The molecule has 1 amide bonds. The van der Waals surface area contributed by atoms with E-state index < -0.39 is 5.97 Å². The van der Waals surface area contributed by atoms with Crippen LogP contribution < -0.4 is 9.47 Å². The number of nitrogens with zero attached hydrogens (tertiary/aromatic N) is 3. The van der Waals surface area contributed by atoms with Gasteiger partial charge in [-0.2, -0.15) is 5.26 Å². The van der Waals surface area contributed by atoms with E-state index in [0.717, 1.165) is 0 Å². The molecule has 0 saturated carbocycles. The minimum atomic E-state index is -0.703. The first-order chi connectivity index (χ1) is 17.4. The lowest BCUT2D eigenvalue weighted by atomic mass is 10.1. The maximum absolute atomic E-state index is 13.1. The van der Waals surface area contributed by atoms with Crippen LogP contribution in [-0.4, -0.2) is 55.3 Å². The van der Waals surface area contributed by atoms with E-state index in [-0.39, 0.29) is 40.0 Å². The van der Waals surface area contributed by atoms with Crippen molar-refractivity contribution in [1.29, 1.82) is 5.26 Å². The summed E-state index contributed by atoms with van der Waals surface area (Å²) >= 11 is 6.28. The number of carbonyl (C=O) groups excluding carboxylic acids is 2. The summed E-state index contributed by atoms with van der Waals surface area (Å²) in [5.41, 5.74) is 1.44. The number of morpholine rings is 1. The average molecular weight is 508 g/mol. The SMILES string of the molecule is COc1cc(/C=C(\C#N)C(=O)N2CCOCC2)ccc1OC(=O)c1c(-c2ccccc2Cl)noc1C. The normalized spacial score (nSPS) is 13.7. The van der Waals surface area contributed by atoms with Gasteiger partial charge in [0.15, 0.2) is 11.5 Å². The lowest BCUT2D eigenvalue weighted by Gasteiger charge is -2.26. The Morgan fingerprint density at radius 3 is 2.61 bits per heavy atom. The third-order valence-electron chi connectivity index (χ3n) is 5.55. The molecule has 1 saturated heterocycles. The maximum Gasteiger partial charge on any atom is 0.349 e. The van der Waals surface area contributed by atoms with Gasteiger partial charge in [0, 0.05) is 18.7 Å². The number of hydrogen-bond donors (Lipinski definition) is 0. The molecule has 0 N–H and O–H groups in total. The van der Waals surface area contributed by atoms with Crippen molar-refractivity contribution in [2.45, 2.75) is 6.92 Å². The van der Waals surface area contributed by atoms with Crippen LogP contribution in [-0.2, 0) is 9.53 Å². The quantitative estimate of drug-likeness (QED) is 0.210. The molecule has 1 aliphatic heterocycles. The van der Waals surface area contributed by atoms with E-state index in [1.54, 1.807) is 48.2 Å². The number of benzene rings is 2. The van der Waals surface area contributed by atoms with E-state index in [2.05, 4.69) is 5.16 Å². The van der Waals surface area contributed by atoms with Crippen LogP contribution in [0.5, 0.6) is 11.5 Å². The van der Waals surface area contributed by atoms with Gasteiger partial charge < -0.3 is 23.6 Å². The zero-order valence-electron chi connectivity index (χ0n) is 19.6. The zero-order valence-corrected chi connectivity index (χ0v) is 20.4. The number of esters is 1. The van der Waals surface area contributed by atoms with Crippen molar-refractivity contribution in [2.75, 3.05) is 33.4 Å². The molecule has 36 heavy (non-hydrogen) atoms. The number of methoxy groups -OCH3 is 1. The van der Waals surface area contributed by atoms with Gasteiger partial charge in [-0.15, -0.1) is 0 Å². The predicted molar refractivity (Wildman–Crippen MR) is 131 cm³/mol. The molecule has 0 atom stereocenters. The molecule has 0 unspecified atom stereocenters. The number of amides is 1. The molecule has 10 heteroatoms. The fourth-order valence-electron chi connectivity index (χ4n) is 3.70. The summed E-state index contributed by atoms with van der Waals surface area (Å²) in [6.45, 7) is 3.32. The first-order valence-corrected chi connectivity index (χ1v) is 11.4. The van der Waals surface area contributed by atoms with Crippen LogP contribution in [0.2, 0.25) is 5.02 Å². The molecular weight excluding hydrogens is 486 g/mol. The zero-order chi connectivity index (χ0) is 25.7. The Balaban J connectivity index is 1.59. The molecule has 1 aromatic heterocycles. The minimum absolute atomic E-state index is 0.0202. The Labute approximate surface area is 212 Å². The van der Waals surface area contributed by atoms with Crippen LogP contribution >= 0.6 is 11.6 Å². The topological polar surface area (TPSA) is 115 Å². The van der Waals surface area contributed by atoms with E-state index in [1.807, 2.05) is 6.07 Å². The van der Waals surface area contributed by atoms with Crippen LogP contribution in [0, 0.1) is 18.3 Å². The highest BCUT2D eigenvalue weighted by Gasteiger charge is 2.26. The number of aromatic nitrogens is 1. The number of ether oxygens (including phenoxy) is 3. The number of hydrogen-bond acceptors (Lipinski definition) is 8. The number of halogens is 1. The molecule has 1 fully saturated rings. The summed E-state index contributed by atoms with van der Waals surface area (Å²) in [4.78, 5) is 27.4. The van der Waals surface area contributed by atoms with Crippen molar-refractivity contribution in [3.63, 3.8) is 0 Å². The summed E-state index contributed by atoms with van der Waals surface area (Å²) in [5.74, 6) is -0.422. The van der Waals surface area contributed by atoms with Gasteiger partial charge in [0.05, 0.1) is 25.3 Å². The number of nitriles is 1. The standard InChI is InChI=1S/C26H22ClN3O6/c1-16-23(24(29-36-16)19-5-3-4-6-20(19)27)26(32)35-21-8-7-17(14-22(21)33-2)13-18(15-28)25(31)30-9-11-34-12-10-30/h3-8,13-14H,9-12H2,1-2H3/b18-13+. The van der Waals surface area contributed by atoms with Gasteiger partial charge >= 0.3 is 5.97 Å². The smallest absolute Gasteiger partial charge is 0.349 e. The number of carbonyl (C=O) groups is 2. The highest BCUT2D eigenvalue weighted by atomic mass is 35.5. The molecule has 0 aliphatic carbocycles. The van der Waals surface area contributed by atoms with Crippen molar-refractivity contribution in [2.24, 2.45) is 0 Å². The van der Waals surface area contributed by atoms with E-state index in [1.165, 1.54) is 19.3 Å². The van der Waals surface area contributed by atoms with E-state index in [0.29, 0.717) is 42.5 Å². The minimum Gasteiger partial charge on any atom is -0.493 e. The second-order valence-corrected chi connectivity index (χ2v) is 8.22. The van der Waals surface area contributed by atoms with Crippen LogP contribution in [0.4, 0.5) is 0 Å². The summed E-state index contributed by atoms with van der Waals surface area (Å²) < 4.78 is 21.5. The van der Waals surface area contributed by atoms with Gasteiger partial charge in [0.25, 0.3) is 5.91 Å². The van der Waals surface area contributed by atoms with Gasteiger partial charge in [0.2, 0.25) is 0 Å². The Morgan fingerprint density at radius 1 is 1.17 bits per heavy atom. The molecule has 9 nitrogen and oxygen atoms in total. The van der Waals surface area contributed by atoms with Crippen LogP contribution in [0.1, 0.15) is 21.7 Å². The largest absolute Gasteiger partial charge is 0.493 e. The molecule has 0 bridgehead atoms. The molecule has 2 aromatic carbocycles. The van der Waals surface area contributed by atoms with Gasteiger partial charge in [-0.3, -0.25) is 4.79 Å². The molecule has 184 valence electrons. The van der Waals surface area contributed by atoms with Crippen molar-refractivity contribution in [3.05, 3.63) is 69.9 Å². The highest BCUT2D eigenvalue weighted by Crippen LogP contribution is 2.34. The third-order valence-corrected chi connectivity index (χ3v) is 5.88. The fourth-order valence-corrected chi connectivity index (χ4v) is 3.93. The molecule has 3 aromatic rings. The van der Waals surface area contributed by atoms with E-state index >= 15 is 0 Å². The van der Waals surface area contributed by atoms with Crippen LogP contribution in [0.15, 0.2) is 52.6 Å². The maximum atomic E-state index is 13.1. The highest BCUT2D eigenvalue weighted by molar-refractivity contribution is 6.33. The lowest BCUT2D eigenvalue weighted by molar-refractivity contribution is -0.130. The van der Waals surface area contributed by atoms with Crippen LogP contribution in [0.25, 0.3) is 17.3 Å². The van der Waals surface area contributed by atoms with Crippen molar-refractivity contribution in [1.82, 2.24) is 10.1 Å². The molecule has 4 rings (SSSR count). The van der Waals surface area contributed by atoms with Gasteiger partial charge in [-0.05, 0) is 36.8 Å². The Bertz CT molecular complexity index is 1370. The molecule has 2 heterocycles. The Morgan fingerprint density at radius 2 is 1.92 bits per heavy atom. The number of aryl methyl sites for hydroxylation is 1. The van der Waals surface area contributed by atoms with Crippen molar-refractivity contribution in [3.8, 4) is 28.8 Å². The van der Waals surface area contributed by atoms with Crippen molar-refractivity contribution >= 4 is 29.6 Å². The van der Waals surface area contributed by atoms with Gasteiger partial charge in [0.1, 0.15) is 28.7 Å². The molecule has 0 radical (unpaired) electrons. The Hall–Kier alpha value is -4.13. The summed E-state index contributed by atoms with van der Waals surface area (Å²) in [6, 6.07) is 13.6. The molecular formula is C26H22ClN3O6. The first kappa shape index (κ1) is 25.0. The van der Waals surface area contributed by atoms with E-state index in [4.69, 9.17) is 30.3 Å². The van der Waals surface area contributed by atoms with E-state index in [9.17, 15) is 14.9 Å². The second kappa shape index (κ2) is 11.1. The van der Waals surface area contributed by atoms with Gasteiger partial charge in [-0.25, -0.2) is 4.79 Å². The van der Waals surface area contributed by atoms with Crippen molar-refractivity contribution < 1.29 is 28.3 Å². The fraction of sp³-hybridized carbons (Fsp3) is 0.231. The first-order valence-electron chi connectivity index (χ1n) is 11.0. The number of rotatable bonds is 6. The lowest BCUT2D eigenvalue weighted by Crippen LogP contribution is -2.41. The van der Waals surface area contributed by atoms with Crippen LogP contribution in [0.3, 0.4) is 0 Å². The van der Waals surface area contributed by atoms with Gasteiger partial charge in [-0.1, -0.05) is 41.0 Å². The average Bonchev–Trinajstić information content (AvgIpc) is 3.29.